The lowest BCUT2D eigenvalue weighted by Gasteiger charge is -2.32. The number of fused-ring (bicyclic) bond motifs is 1. The standard InChI is InChI=1S/C31H30N2O2/c1-22(23-14-16-25(17-15-23)24-8-3-2-4-9-24)32-30(34)27-18-20-33(21-19-27)31(35)29-13-7-11-26-10-5-6-12-28(26)29/h2-17,22,27H,18-21H2,1H3,(H,32,34). The van der Waals surface area contributed by atoms with E-state index in [0.717, 1.165) is 27.5 Å². The van der Waals surface area contributed by atoms with E-state index in [1.807, 2.05) is 72.5 Å². The SMILES string of the molecule is CC(NC(=O)C1CCN(C(=O)c2cccc3ccccc23)CC1)c1ccc(-c2ccccc2)cc1. The van der Waals surface area contributed by atoms with E-state index in [0.29, 0.717) is 25.9 Å². The maximum Gasteiger partial charge on any atom is 0.254 e. The minimum absolute atomic E-state index is 0.0486. The van der Waals surface area contributed by atoms with Crippen LogP contribution in [0, 0.1) is 5.92 Å². The zero-order chi connectivity index (χ0) is 24.2. The van der Waals surface area contributed by atoms with Crippen molar-refractivity contribution >= 4 is 22.6 Å². The molecule has 1 fully saturated rings. The Kier molecular flexibility index (Phi) is 6.62. The number of nitrogens with zero attached hydrogens (tertiary/aromatic N) is 1. The van der Waals surface area contributed by atoms with E-state index in [-0.39, 0.29) is 23.8 Å². The van der Waals surface area contributed by atoms with Gasteiger partial charge < -0.3 is 10.2 Å². The molecule has 0 radical (unpaired) electrons. The number of amides is 2. The number of likely N-dealkylation sites (tertiary alicyclic amines) is 1. The summed E-state index contributed by atoms with van der Waals surface area (Å²) in [5.74, 6) is 0.0482. The highest BCUT2D eigenvalue weighted by atomic mass is 16.2. The van der Waals surface area contributed by atoms with Gasteiger partial charge in [0.15, 0.2) is 0 Å². The van der Waals surface area contributed by atoms with Crippen LogP contribution >= 0.6 is 0 Å². The lowest BCUT2D eigenvalue weighted by Crippen LogP contribution is -2.43. The van der Waals surface area contributed by atoms with Crippen molar-refractivity contribution in [3.63, 3.8) is 0 Å². The van der Waals surface area contributed by atoms with Gasteiger partial charge in [-0.2, -0.15) is 0 Å². The zero-order valence-corrected chi connectivity index (χ0v) is 20.0. The predicted octanol–water partition coefficient (Wildman–Crippen LogP) is 6.24. The highest BCUT2D eigenvalue weighted by Gasteiger charge is 2.29. The monoisotopic (exact) mass is 462 g/mol. The van der Waals surface area contributed by atoms with Crippen molar-refractivity contribution in [1.82, 2.24) is 10.2 Å². The summed E-state index contributed by atoms with van der Waals surface area (Å²) in [5.41, 5.74) is 4.16. The number of benzene rings is 4. The molecule has 0 saturated carbocycles. The summed E-state index contributed by atoms with van der Waals surface area (Å²) in [5, 5.41) is 5.23. The van der Waals surface area contributed by atoms with Crippen molar-refractivity contribution < 1.29 is 9.59 Å². The molecule has 1 aliphatic heterocycles. The van der Waals surface area contributed by atoms with E-state index in [4.69, 9.17) is 0 Å². The molecule has 0 aromatic heterocycles. The summed E-state index contributed by atoms with van der Waals surface area (Å²) in [6, 6.07) is 32.4. The van der Waals surface area contributed by atoms with E-state index >= 15 is 0 Å². The molecule has 4 aromatic rings. The van der Waals surface area contributed by atoms with Crippen molar-refractivity contribution in [3.8, 4) is 11.1 Å². The Balaban J connectivity index is 1.17. The van der Waals surface area contributed by atoms with Crippen LogP contribution in [0.4, 0.5) is 0 Å². The van der Waals surface area contributed by atoms with Crippen LogP contribution in [0.25, 0.3) is 21.9 Å². The summed E-state index contributed by atoms with van der Waals surface area (Å²) < 4.78 is 0. The first-order chi connectivity index (χ1) is 17.1. The molecule has 1 unspecified atom stereocenters. The van der Waals surface area contributed by atoms with Crippen molar-refractivity contribution in [2.75, 3.05) is 13.1 Å². The number of rotatable bonds is 5. The van der Waals surface area contributed by atoms with Crippen molar-refractivity contribution in [3.05, 3.63) is 108 Å². The quantitative estimate of drug-likeness (QED) is 0.382. The van der Waals surface area contributed by atoms with Gasteiger partial charge in [0.05, 0.1) is 6.04 Å². The molecule has 1 heterocycles. The van der Waals surface area contributed by atoms with Gasteiger partial charge in [-0.1, -0.05) is 91.0 Å². The first-order valence-corrected chi connectivity index (χ1v) is 12.3. The third kappa shape index (κ3) is 4.97. The van der Waals surface area contributed by atoms with Crippen LogP contribution in [-0.4, -0.2) is 29.8 Å². The third-order valence-corrected chi connectivity index (χ3v) is 7.05. The molecule has 1 saturated heterocycles. The van der Waals surface area contributed by atoms with Crippen molar-refractivity contribution in [1.29, 1.82) is 0 Å². The second kappa shape index (κ2) is 10.1. The van der Waals surface area contributed by atoms with E-state index in [1.54, 1.807) is 0 Å². The molecule has 4 nitrogen and oxygen atoms in total. The molecule has 1 aliphatic rings. The predicted molar refractivity (Wildman–Crippen MR) is 141 cm³/mol. The minimum atomic E-state index is -0.0717. The Hall–Kier alpha value is -3.92. The van der Waals surface area contributed by atoms with E-state index in [1.165, 1.54) is 5.56 Å². The van der Waals surface area contributed by atoms with Gasteiger partial charge in [0.25, 0.3) is 5.91 Å². The number of piperidine rings is 1. The fraction of sp³-hybridized carbons (Fsp3) is 0.226. The number of carbonyl (C=O) groups is 2. The smallest absolute Gasteiger partial charge is 0.254 e. The van der Waals surface area contributed by atoms with Gasteiger partial charge in [-0.05, 0) is 53.3 Å². The first kappa shape index (κ1) is 22.9. The highest BCUT2D eigenvalue weighted by molar-refractivity contribution is 6.07. The van der Waals surface area contributed by atoms with Crippen LogP contribution in [0.15, 0.2) is 97.1 Å². The Morgan fingerprint density at radius 2 is 1.40 bits per heavy atom. The second-order valence-corrected chi connectivity index (χ2v) is 9.31. The molecule has 2 amide bonds. The van der Waals surface area contributed by atoms with Crippen LogP contribution in [0.2, 0.25) is 0 Å². The summed E-state index contributed by atoms with van der Waals surface area (Å²) >= 11 is 0. The van der Waals surface area contributed by atoms with Crippen LogP contribution in [-0.2, 0) is 4.79 Å². The molecule has 4 aromatic carbocycles. The summed E-state index contributed by atoms with van der Waals surface area (Å²) in [4.78, 5) is 28.1. The van der Waals surface area contributed by atoms with Gasteiger partial charge in [0.1, 0.15) is 0 Å². The Morgan fingerprint density at radius 3 is 2.14 bits per heavy atom. The molecule has 0 bridgehead atoms. The molecule has 0 aliphatic carbocycles. The summed E-state index contributed by atoms with van der Waals surface area (Å²) in [7, 11) is 0. The van der Waals surface area contributed by atoms with Gasteiger partial charge in [-0.25, -0.2) is 0 Å². The van der Waals surface area contributed by atoms with Crippen LogP contribution in [0.5, 0.6) is 0 Å². The molecular formula is C31H30N2O2. The highest BCUT2D eigenvalue weighted by Crippen LogP contribution is 2.25. The van der Waals surface area contributed by atoms with E-state index in [9.17, 15) is 9.59 Å². The number of hydrogen-bond donors (Lipinski definition) is 1. The van der Waals surface area contributed by atoms with E-state index in [2.05, 4.69) is 41.7 Å². The topological polar surface area (TPSA) is 49.4 Å². The maximum absolute atomic E-state index is 13.2. The third-order valence-electron chi connectivity index (χ3n) is 7.05. The van der Waals surface area contributed by atoms with Gasteiger partial charge >= 0.3 is 0 Å². The summed E-state index contributed by atoms with van der Waals surface area (Å²) in [6.45, 7) is 3.22. The average molecular weight is 463 g/mol. The minimum Gasteiger partial charge on any atom is -0.349 e. The van der Waals surface area contributed by atoms with Crippen LogP contribution < -0.4 is 5.32 Å². The Morgan fingerprint density at radius 1 is 0.771 bits per heavy atom. The largest absolute Gasteiger partial charge is 0.349 e. The number of carbonyl (C=O) groups excluding carboxylic acids is 2. The van der Waals surface area contributed by atoms with Gasteiger partial charge in [0, 0.05) is 24.6 Å². The van der Waals surface area contributed by atoms with Gasteiger partial charge in [0.2, 0.25) is 5.91 Å². The molecule has 0 spiro atoms. The molecule has 1 atom stereocenters. The first-order valence-electron chi connectivity index (χ1n) is 12.3. The number of nitrogens with one attached hydrogen (secondary N) is 1. The molecule has 1 N–H and O–H groups in total. The molecule has 35 heavy (non-hydrogen) atoms. The lowest BCUT2D eigenvalue weighted by molar-refractivity contribution is -0.126. The number of hydrogen-bond acceptors (Lipinski definition) is 2. The Bertz CT molecular complexity index is 1320. The zero-order valence-electron chi connectivity index (χ0n) is 20.0. The molecule has 4 heteroatoms. The Labute approximate surface area is 206 Å². The van der Waals surface area contributed by atoms with Crippen LogP contribution in [0.1, 0.15) is 41.7 Å². The van der Waals surface area contributed by atoms with Crippen LogP contribution in [0.3, 0.4) is 0 Å². The van der Waals surface area contributed by atoms with Crippen molar-refractivity contribution in [2.24, 2.45) is 5.92 Å². The van der Waals surface area contributed by atoms with Gasteiger partial charge in [-0.15, -0.1) is 0 Å². The van der Waals surface area contributed by atoms with Gasteiger partial charge in [-0.3, -0.25) is 9.59 Å². The lowest BCUT2D eigenvalue weighted by atomic mass is 9.94. The fourth-order valence-corrected chi connectivity index (χ4v) is 4.94. The van der Waals surface area contributed by atoms with E-state index < -0.39 is 0 Å². The average Bonchev–Trinajstić information content (AvgIpc) is 2.93. The molecule has 176 valence electrons. The summed E-state index contributed by atoms with van der Waals surface area (Å²) in [6.07, 6.45) is 1.37. The fourth-order valence-electron chi connectivity index (χ4n) is 4.94. The maximum atomic E-state index is 13.2. The normalized spacial score (nSPS) is 15.1. The molecule has 5 rings (SSSR count). The second-order valence-electron chi connectivity index (χ2n) is 9.31. The molecular weight excluding hydrogens is 432 g/mol. The van der Waals surface area contributed by atoms with Crippen molar-refractivity contribution in [2.45, 2.75) is 25.8 Å².